The van der Waals surface area contributed by atoms with Gasteiger partial charge in [0.2, 0.25) is 0 Å². The zero-order valence-electron chi connectivity index (χ0n) is 16.5. The van der Waals surface area contributed by atoms with Crippen LogP contribution in [-0.4, -0.2) is 0 Å². The Labute approximate surface area is 174 Å². The van der Waals surface area contributed by atoms with Gasteiger partial charge < -0.3 is 0 Å². The molecular weight excluding hydrogens is 388 g/mol. The Bertz CT molecular complexity index is 962. The van der Waals surface area contributed by atoms with Crippen molar-refractivity contribution in [1.82, 2.24) is 0 Å². The molecule has 0 bridgehead atoms. The maximum absolute atomic E-state index is 14.8. The van der Waals surface area contributed by atoms with Gasteiger partial charge in [0, 0.05) is 11.1 Å². The third-order valence-electron chi connectivity index (χ3n) is 5.03. The second-order valence-corrected chi connectivity index (χ2v) is 7.05. The highest BCUT2D eigenvalue weighted by molar-refractivity contribution is 5.84. The summed E-state index contributed by atoms with van der Waals surface area (Å²) in [6.45, 7) is 7.35. The van der Waals surface area contributed by atoms with Crippen molar-refractivity contribution in [3.63, 3.8) is 0 Å². The van der Waals surface area contributed by atoms with Crippen molar-refractivity contribution in [2.75, 3.05) is 0 Å². The van der Waals surface area contributed by atoms with Crippen LogP contribution in [0.5, 0.6) is 0 Å². The molecule has 0 unspecified atom stereocenters. The zero-order valence-corrected chi connectivity index (χ0v) is 16.5. The molecule has 30 heavy (non-hydrogen) atoms. The summed E-state index contributed by atoms with van der Waals surface area (Å²) < 4.78 is 57.8. The van der Waals surface area contributed by atoms with Crippen LogP contribution >= 0.6 is 0 Å². The lowest BCUT2D eigenvalue weighted by Crippen LogP contribution is -2.03. The first-order valence-electron chi connectivity index (χ1n) is 9.74. The molecule has 0 spiro atoms. The summed E-state index contributed by atoms with van der Waals surface area (Å²) in [4.78, 5) is 0. The van der Waals surface area contributed by atoms with Gasteiger partial charge in [-0.05, 0) is 47.9 Å². The normalized spacial score (nSPS) is 10.8. The van der Waals surface area contributed by atoms with Crippen molar-refractivity contribution in [1.29, 1.82) is 0 Å². The predicted octanol–water partition coefficient (Wildman–Crippen LogP) is 7.81. The number of rotatable bonds is 8. The molecule has 4 heteroatoms. The van der Waals surface area contributed by atoms with Gasteiger partial charge in [-0.2, -0.15) is 0 Å². The average Bonchev–Trinajstić information content (AvgIpc) is 2.78. The first-order valence-corrected chi connectivity index (χ1v) is 9.74. The molecule has 0 radical (unpaired) electrons. The Balaban J connectivity index is 2.13. The van der Waals surface area contributed by atoms with E-state index in [1.165, 1.54) is 0 Å². The standard InChI is InChI=1S/C26H22F4/c1-3-5-7-17-9-13-19(14-10-17)21-22(24(28)26(30)25(29)23(21)27)20-15-11-18(12-16-20)8-6-4-2/h3-4,9-16H,1-2,5-8H2. The highest BCUT2D eigenvalue weighted by Crippen LogP contribution is 2.39. The van der Waals surface area contributed by atoms with Crippen LogP contribution in [0.3, 0.4) is 0 Å². The van der Waals surface area contributed by atoms with Crippen LogP contribution in [0.2, 0.25) is 0 Å². The summed E-state index contributed by atoms with van der Waals surface area (Å²) >= 11 is 0. The van der Waals surface area contributed by atoms with Crippen molar-refractivity contribution in [2.45, 2.75) is 25.7 Å². The molecule has 0 aliphatic carbocycles. The molecule has 0 fully saturated rings. The third-order valence-corrected chi connectivity index (χ3v) is 5.03. The summed E-state index contributed by atoms with van der Waals surface area (Å²) in [5.41, 5.74) is 1.93. The number of halogens is 4. The SMILES string of the molecule is C=CCCc1ccc(-c2c(F)c(F)c(F)c(F)c2-c2ccc(CCC=C)cc2)cc1. The minimum absolute atomic E-state index is 0.276. The second kappa shape index (κ2) is 9.57. The topological polar surface area (TPSA) is 0 Å². The summed E-state index contributed by atoms with van der Waals surface area (Å²) in [5, 5.41) is 0. The van der Waals surface area contributed by atoms with Gasteiger partial charge in [0.1, 0.15) is 0 Å². The molecular formula is C26H22F4. The average molecular weight is 410 g/mol. The van der Waals surface area contributed by atoms with Crippen molar-refractivity contribution in [2.24, 2.45) is 0 Å². The highest BCUT2D eigenvalue weighted by atomic mass is 19.2. The van der Waals surface area contributed by atoms with Crippen LogP contribution < -0.4 is 0 Å². The first-order chi connectivity index (χ1) is 14.5. The van der Waals surface area contributed by atoms with Gasteiger partial charge in [0.25, 0.3) is 0 Å². The van der Waals surface area contributed by atoms with Crippen molar-refractivity contribution in [3.05, 3.63) is 108 Å². The van der Waals surface area contributed by atoms with E-state index in [0.29, 0.717) is 0 Å². The molecule has 0 amide bonds. The van der Waals surface area contributed by atoms with E-state index in [9.17, 15) is 17.6 Å². The van der Waals surface area contributed by atoms with Gasteiger partial charge in [-0.25, -0.2) is 17.6 Å². The van der Waals surface area contributed by atoms with E-state index in [0.717, 1.165) is 36.8 Å². The quantitative estimate of drug-likeness (QED) is 0.154. The van der Waals surface area contributed by atoms with Crippen molar-refractivity contribution < 1.29 is 17.6 Å². The highest BCUT2D eigenvalue weighted by Gasteiger charge is 2.27. The Morgan fingerprint density at radius 3 is 1.17 bits per heavy atom. The van der Waals surface area contributed by atoms with Gasteiger partial charge in [-0.3, -0.25) is 0 Å². The molecule has 3 rings (SSSR count). The lowest BCUT2D eigenvalue weighted by Gasteiger charge is -2.15. The van der Waals surface area contributed by atoms with Crippen LogP contribution in [0.25, 0.3) is 22.3 Å². The van der Waals surface area contributed by atoms with Gasteiger partial charge >= 0.3 is 0 Å². The van der Waals surface area contributed by atoms with Crippen LogP contribution in [-0.2, 0) is 12.8 Å². The van der Waals surface area contributed by atoms with Gasteiger partial charge in [-0.1, -0.05) is 60.7 Å². The first kappa shape index (κ1) is 21.6. The number of benzene rings is 3. The Hall–Kier alpha value is -3.14. The number of allylic oxidation sites excluding steroid dienone is 2. The minimum atomic E-state index is -1.82. The fraction of sp³-hybridized carbons (Fsp3) is 0.154. The molecule has 0 aliphatic rings. The van der Waals surface area contributed by atoms with Gasteiger partial charge in [-0.15, -0.1) is 13.2 Å². The largest absolute Gasteiger partial charge is 0.203 e. The monoisotopic (exact) mass is 410 g/mol. The molecule has 0 nitrogen and oxygen atoms in total. The van der Waals surface area contributed by atoms with E-state index in [4.69, 9.17) is 0 Å². The molecule has 0 aliphatic heterocycles. The molecule has 3 aromatic carbocycles. The molecule has 0 aromatic heterocycles. The van der Waals surface area contributed by atoms with E-state index in [-0.39, 0.29) is 22.3 Å². The Morgan fingerprint density at radius 2 is 0.867 bits per heavy atom. The number of hydrogen-bond acceptors (Lipinski definition) is 0. The van der Waals surface area contributed by atoms with E-state index in [2.05, 4.69) is 13.2 Å². The van der Waals surface area contributed by atoms with Crippen LogP contribution in [0.15, 0.2) is 73.8 Å². The van der Waals surface area contributed by atoms with E-state index in [1.54, 1.807) is 60.7 Å². The molecule has 0 atom stereocenters. The summed E-state index contributed by atoms with van der Waals surface area (Å²) in [5.74, 6) is -6.44. The summed E-state index contributed by atoms with van der Waals surface area (Å²) in [6, 6.07) is 13.4. The molecule has 0 heterocycles. The van der Waals surface area contributed by atoms with Crippen molar-refractivity contribution in [3.8, 4) is 22.3 Å². The maximum atomic E-state index is 14.8. The third kappa shape index (κ3) is 4.38. The maximum Gasteiger partial charge on any atom is 0.198 e. The van der Waals surface area contributed by atoms with Crippen LogP contribution in [0.1, 0.15) is 24.0 Å². The molecule has 0 saturated heterocycles. The summed E-state index contributed by atoms with van der Waals surface area (Å²) in [6.07, 6.45) is 6.62. The van der Waals surface area contributed by atoms with Gasteiger partial charge in [0.15, 0.2) is 23.3 Å². The number of aryl methyl sites for hydroxylation is 2. The summed E-state index contributed by atoms with van der Waals surface area (Å²) in [7, 11) is 0. The van der Waals surface area contributed by atoms with Crippen LogP contribution in [0.4, 0.5) is 17.6 Å². The zero-order chi connectivity index (χ0) is 21.7. The van der Waals surface area contributed by atoms with Crippen molar-refractivity contribution >= 4 is 0 Å². The van der Waals surface area contributed by atoms with E-state index < -0.39 is 23.3 Å². The Kier molecular flexibility index (Phi) is 6.88. The second-order valence-electron chi connectivity index (χ2n) is 7.05. The molecule has 154 valence electrons. The van der Waals surface area contributed by atoms with E-state index in [1.807, 2.05) is 0 Å². The molecule has 0 N–H and O–H groups in total. The van der Waals surface area contributed by atoms with E-state index >= 15 is 0 Å². The minimum Gasteiger partial charge on any atom is -0.203 e. The lowest BCUT2D eigenvalue weighted by atomic mass is 9.91. The molecule has 0 saturated carbocycles. The van der Waals surface area contributed by atoms with Gasteiger partial charge in [0.05, 0.1) is 0 Å². The smallest absolute Gasteiger partial charge is 0.198 e. The van der Waals surface area contributed by atoms with Crippen LogP contribution in [0, 0.1) is 23.3 Å². The fourth-order valence-corrected chi connectivity index (χ4v) is 3.39. The fourth-order valence-electron chi connectivity index (χ4n) is 3.39. The molecule has 3 aromatic rings. The number of hydrogen-bond donors (Lipinski definition) is 0. The Morgan fingerprint density at radius 1 is 0.533 bits per heavy atom. The predicted molar refractivity (Wildman–Crippen MR) is 114 cm³/mol. The lowest BCUT2D eigenvalue weighted by molar-refractivity contribution is 0.412.